The Hall–Kier alpha value is -4.35. The smallest absolute Gasteiger partial charge is 0.311 e. The van der Waals surface area contributed by atoms with Crippen molar-refractivity contribution in [3.05, 3.63) is 92.5 Å². The van der Waals surface area contributed by atoms with Crippen LogP contribution in [-0.2, 0) is 0 Å². The molecule has 0 aliphatic carbocycles. The molecule has 2 N–H and O–H groups in total. The molecule has 0 saturated heterocycles. The number of carbonyl (C=O) groups is 3. The number of nitrogens with zero attached hydrogens (tertiary/aromatic N) is 2. The number of thiocarbonyl (C=S) groups is 1. The Kier molecular flexibility index (Phi) is 6.45. The predicted octanol–water partition coefficient (Wildman–Crippen LogP) is 4.18. The predicted molar refractivity (Wildman–Crippen MR) is 132 cm³/mol. The number of rotatable bonds is 5. The molecular formula is C23H15ClN4O6S. The number of benzene rings is 3. The Labute approximate surface area is 208 Å². The van der Waals surface area contributed by atoms with E-state index in [9.17, 15) is 24.5 Å². The molecule has 1 aliphatic rings. The topological polar surface area (TPSA) is 131 Å². The summed E-state index contributed by atoms with van der Waals surface area (Å²) in [6, 6.07) is 14.7. The van der Waals surface area contributed by atoms with Crippen molar-refractivity contribution in [1.82, 2.24) is 5.32 Å². The summed E-state index contributed by atoms with van der Waals surface area (Å²) >= 11 is 11.5. The van der Waals surface area contributed by atoms with Gasteiger partial charge in [-0.3, -0.25) is 29.8 Å². The number of nitrogens with one attached hydrogen (secondary N) is 2. The summed E-state index contributed by atoms with van der Waals surface area (Å²) in [7, 11) is 1.28. The number of imide groups is 1. The number of nitro benzene ring substituents is 1. The molecule has 3 aromatic carbocycles. The minimum atomic E-state index is -0.688. The van der Waals surface area contributed by atoms with Crippen molar-refractivity contribution < 1.29 is 24.0 Å². The highest BCUT2D eigenvalue weighted by atomic mass is 35.5. The minimum Gasteiger partial charge on any atom is -0.490 e. The first-order chi connectivity index (χ1) is 16.7. The molecule has 4 rings (SSSR count). The van der Waals surface area contributed by atoms with Crippen molar-refractivity contribution in [3.8, 4) is 5.75 Å². The van der Waals surface area contributed by atoms with E-state index in [1.807, 2.05) is 0 Å². The third-order valence-electron chi connectivity index (χ3n) is 5.12. The molecule has 12 heteroatoms. The zero-order chi connectivity index (χ0) is 25.3. The summed E-state index contributed by atoms with van der Waals surface area (Å²) in [5.74, 6) is -1.60. The van der Waals surface area contributed by atoms with Gasteiger partial charge in [-0.1, -0.05) is 23.7 Å². The molecular weight excluding hydrogens is 496 g/mol. The molecule has 3 aromatic rings. The number of hydrogen-bond donors (Lipinski definition) is 2. The van der Waals surface area contributed by atoms with Crippen LogP contribution in [0.4, 0.5) is 17.1 Å². The van der Waals surface area contributed by atoms with Crippen LogP contribution < -0.4 is 20.3 Å². The summed E-state index contributed by atoms with van der Waals surface area (Å²) in [5.41, 5.74) is 0.807. The Morgan fingerprint density at radius 3 is 2.29 bits per heavy atom. The lowest BCUT2D eigenvalue weighted by Gasteiger charge is -2.16. The average molecular weight is 511 g/mol. The van der Waals surface area contributed by atoms with Crippen LogP contribution in [0, 0.1) is 10.1 Å². The van der Waals surface area contributed by atoms with Crippen molar-refractivity contribution >= 4 is 63.7 Å². The van der Waals surface area contributed by atoms with E-state index in [2.05, 4.69) is 10.6 Å². The second kappa shape index (κ2) is 9.49. The van der Waals surface area contributed by atoms with Crippen molar-refractivity contribution in [2.75, 3.05) is 17.3 Å². The zero-order valence-corrected chi connectivity index (χ0v) is 19.5. The SMILES string of the molecule is COc1ccc(C(=O)NC(=S)Nc2ccc(N3C(=O)c4ccccc4C3=O)cc2Cl)cc1[N+](=O)[O-]. The zero-order valence-electron chi connectivity index (χ0n) is 17.9. The minimum absolute atomic E-state index is 0.00582. The maximum atomic E-state index is 12.7. The van der Waals surface area contributed by atoms with E-state index in [-0.39, 0.29) is 32.8 Å². The molecule has 0 saturated carbocycles. The summed E-state index contributed by atoms with van der Waals surface area (Å²) in [6.07, 6.45) is 0. The van der Waals surface area contributed by atoms with E-state index in [0.717, 1.165) is 11.0 Å². The number of nitro groups is 1. The quantitative estimate of drug-likeness (QED) is 0.226. The lowest BCUT2D eigenvalue weighted by Crippen LogP contribution is -2.34. The number of methoxy groups -OCH3 is 1. The molecule has 0 atom stereocenters. The molecule has 0 radical (unpaired) electrons. The number of anilines is 2. The summed E-state index contributed by atoms with van der Waals surface area (Å²) in [5, 5.41) is 16.4. The summed E-state index contributed by atoms with van der Waals surface area (Å²) in [6.45, 7) is 0. The van der Waals surface area contributed by atoms with Gasteiger partial charge in [-0.2, -0.15) is 0 Å². The lowest BCUT2D eigenvalue weighted by molar-refractivity contribution is -0.385. The second-order valence-corrected chi connectivity index (χ2v) is 8.02. The van der Waals surface area contributed by atoms with Crippen LogP contribution in [0.25, 0.3) is 0 Å². The Morgan fingerprint density at radius 2 is 1.71 bits per heavy atom. The monoisotopic (exact) mass is 510 g/mol. The summed E-state index contributed by atoms with van der Waals surface area (Å²) < 4.78 is 4.92. The van der Waals surface area contributed by atoms with E-state index >= 15 is 0 Å². The normalized spacial score (nSPS) is 12.2. The molecule has 0 bridgehead atoms. The maximum absolute atomic E-state index is 12.7. The van der Waals surface area contributed by atoms with Gasteiger partial charge in [0.1, 0.15) is 0 Å². The number of fused-ring (bicyclic) bond motifs is 1. The standard InChI is InChI=1S/C23H15ClN4O6S/c1-34-19-9-6-12(10-18(19)28(32)33)20(29)26-23(35)25-17-8-7-13(11-16(17)24)27-21(30)14-4-2-3-5-15(14)22(27)31/h2-11H,1H3,(H2,25,26,29,35). The molecule has 3 amide bonds. The van der Waals surface area contributed by atoms with Gasteiger partial charge in [0, 0.05) is 11.6 Å². The third-order valence-corrected chi connectivity index (χ3v) is 5.63. The van der Waals surface area contributed by atoms with Crippen LogP contribution in [-0.4, -0.2) is 34.9 Å². The third kappa shape index (κ3) is 4.54. The van der Waals surface area contributed by atoms with Gasteiger partial charge in [0.15, 0.2) is 10.9 Å². The van der Waals surface area contributed by atoms with Crippen molar-refractivity contribution in [1.29, 1.82) is 0 Å². The molecule has 0 unspecified atom stereocenters. The Bertz CT molecular complexity index is 1390. The van der Waals surface area contributed by atoms with E-state index < -0.39 is 22.6 Å². The molecule has 1 aliphatic heterocycles. The maximum Gasteiger partial charge on any atom is 0.311 e. The van der Waals surface area contributed by atoms with Gasteiger partial charge in [-0.25, -0.2) is 4.90 Å². The highest BCUT2D eigenvalue weighted by Crippen LogP contribution is 2.33. The van der Waals surface area contributed by atoms with Gasteiger partial charge in [0.05, 0.1) is 39.6 Å². The second-order valence-electron chi connectivity index (χ2n) is 7.21. The van der Waals surface area contributed by atoms with Crippen LogP contribution >= 0.6 is 23.8 Å². The van der Waals surface area contributed by atoms with E-state index in [4.69, 9.17) is 28.6 Å². The van der Waals surface area contributed by atoms with Crippen LogP contribution in [0.15, 0.2) is 60.7 Å². The van der Waals surface area contributed by atoms with Gasteiger partial charge in [0.25, 0.3) is 17.7 Å². The molecule has 176 valence electrons. The highest BCUT2D eigenvalue weighted by molar-refractivity contribution is 7.80. The van der Waals surface area contributed by atoms with Crippen molar-refractivity contribution in [3.63, 3.8) is 0 Å². The largest absolute Gasteiger partial charge is 0.490 e. The highest BCUT2D eigenvalue weighted by Gasteiger charge is 2.36. The van der Waals surface area contributed by atoms with Gasteiger partial charge < -0.3 is 10.1 Å². The molecule has 0 fully saturated rings. The van der Waals surface area contributed by atoms with Crippen LogP contribution in [0.5, 0.6) is 5.75 Å². The fourth-order valence-corrected chi connectivity index (χ4v) is 3.90. The molecule has 0 spiro atoms. The van der Waals surface area contributed by atoms with Crippen LogP contribution in [0.2, 0.25) is 5.02 Å². The number of ether oxygens (including phenoxy) is 1. The lowest BCUT2D eigenvalue weighted by atomic mass is 10.1. The number of carbonyl (C=O) groups excluding carboxylic acids is 3. The van der Waals surface area contributed by atoms with E-state index in [1.54, 1.807) is 24.3 Å². The van der Waals surface area contributed by atoms with Gasteiger partial charge in [-0.05, 0) is 54.7 Å². The first-order valence-electron chi connectivity index (χ1n) is 9.93. The van der Waals surface area contributed by atoms with Crippen LogP contribution in [0.1, 0.15) is 31.1 Å². The molecule has 35 heavy (non-hydrogen) atoms. The Balaban J connectivity index is 1.47. The first kappa shape index (κ1) is 23.8. The number of amides is 3. The molecule has 1 heterocycles. The van der Waals surface area contributed by atoms with Gasteiger partial charge >= 0.3 is 5.69 Å². The van der Waals surface area contributed by atoms with Crippen molar-refractivity contribution in [2.45, 2.75) is 0 Å². The Morgan fingerprint density at radius 1 is 1.06 bits per heavy atom. The van der Waals surface area contributed by atoms with E-state index in [0.29, 0.717) is 16.8 Å². The van der Waals surface area contributed by atoms with Crippen molar-refractivity contribution in [2.24, 2.45) is 0 Å². The average Bonchev–Trinajstić information content (AvgIpc) is 3.10. The first-order valence-corrected chi connectivity index (χ1v) is 10.7. The fourth-order valence-electron chi connectivity index (χ4n) is 3.47. The number of hydrogen-bond acceptors (Lipinski definition) is 7. The number of halogens is 1. The fraction of sp³-hybridized carbons (Fsp3) is 0.0435. The molecule has 10 nitrogen and oxygen atoms in total. The summed E-state index contributed by atoms with van der Waals surface area (Å²) in [4.78, 5) is 49.4. The van der Waals surface area contributed by atoms with E-state index in [1.165, 1.54) is 37.4 Å². The molecule has 0 aromatic heterocycles. The van der Waals surface area contributed by atoms with Crippen LogP contribution in [0.3, 0.4) is 0 Å². The van der Waals surface area contributed by atoms with Gasteiger partial charge in [0.2, 0.25) is 0 Å². The van der Waals surface area contributed by atoms with Gasteiger partial charge in [-0.15, -0.1) is 0 Å².